The number of aromatic hydroxyl groups is 1. The summed E-state index contributed by atoms with van der Waals surface area (Å²) < 4.78 is 11.3. The number of phenolic OH excluding ortho intramolecular Hbond substituents is 1. The molecule has 1 aromatic carbocycles. The zero-order valence-corrected chi connectivity index (χ0v) is 22.8. The molecule has 0 spiro atoms. The molecule has 2 atom stereocenters. The highest BCUT2D eigenvalue weighted by Crippen LogP contribution is 2.38. The first-order valence-electron chi connectivity index (χ1n) is 13.1. The summed E-state index contributed by atoms with van der Waals surface area (Å²) in [5, 5.41) is 32.4. The van der Waals surface area contributed by atoms with E-state index in [2.05, 4.69) is 48.5 Å². The van der Waals surface area contributed by atoms with Crippen LogP contribution >= 0.6 is 0 Å². The molecule has 34 heavy (non-hydrogen) atoms. The molecular formula is C28H51NO5. The van der Waals surface area contributed by atoms with Crippen LogP contribution in [-0.2, 0) is 21.3 Å². The number of nitrogens with zero attached hydrogens (tertiary/aromatic N) is 1. The van der Waals surface area contributed by atoms with Gasteiger partial charge < -0.3 is 29.7 Å². The molecule has 6 heteroatoms. The van der Waals surface area contributed by atoms with Crippen LogP contribution in [0.2, 0.25) is 0 Å². The first-order valence-corrected chi connectivity index (χ1v) is 13.1. The van der Waals surface area contributed by atoms with Gasteiger partial charge in [0.05, 0.1) is 25.4 Å². The predicted molar refractivity (Wildman–Crippen MR) is 141 cm³/mol. The van der Waals surface area contributed by atoms with E-state index in [1.807, 2.05) is 17.0 Å². The number of hydrogen-bond acceptors (Lipinski definition) is 6. The third kappa shape index (κ3) is 11.4. The lowest BCUT2D eigenvalue weighted by atomic mass is 9.83. The molecule has 0 saturated carbocycles. The van der Waals surface area contributed by atoms with Crippen molar-refractivity contribution < 1.29 is 24.8 Å². The first kappa shape index (κ1) is 30.7. The molecule has 6 nitrogen and oxygen atoms in total. The van der Waals surface area contributed by atoms with Crippen LogP contribution in [-0.4, -0.2) is 67.0 Å². The number of ether oxygens (including phenoxy) is 2. The van der Waals surface area contributed by atoms with E-state index in [1.165, 1.54) is 0 Å². The molecule has 0 aliphatic heterocycles. The van der Waals surface area contributed by atoms with E-state index >= 15 is 0 Å². The fraction of sp³-hybridized carbons (Fsp3) is 0.786. The lowest BCUT2D eigenvalue weighted by Crippen LogP contribution is -2.41. The minimum Gasteiger partial charge on any atom is -0.507 e. The average molecular weight is 482 g/mol. The van der Waals surface area contributed by atoms with Gasteiger partial charge >= 0.3 is 0 Å². The number of aliphatic hydroxyl groups is 2. The number of unbranched alkanes of at least 4 members (excludes halogenated alkanes) is 2. The summed E-state index contributed by atoms with van der Waals surface area (Å²) in [5.74, 6) is 0.731. The summed E-state index contributed by atoms with van der Waals surface area (Å²) in [6, 6.07) is 3.99. The summed E-state index contributed by atoms with van der Waals surface area (Å²) >= 11 is 0. The summed E-state index contributed by atoms with van der Waals surface area (Å²) in [6.07, 6.45) is 3.41. The van der Waals surface area contributed by atoms with E-state index < -0.39 is 12.2 Å². The Hall–Kier alpha value is -1.34. The lowest BCUT2D eigenvalue weighted by Gasteiger charge is -2.32. The Morgan fingerprint density at radius 1 is 0.882 bits per heavy atom. The van der Waals surface area contributed by atoms with Crippen LogP contribution in [0.25, 0.3) is 0 Å². The second kappa shape index (κ2) is 15.6. The molecule has 198 valence electrons. The molecule has 0 heterocycles. The van der Waals surface area contributed by atoms with Crippen LogP contribution in [0.15, 0.2) is 12.1 Å². The third-order valence-corrected chi connectivity index (χ3v) is 5.74. The fourth-order valence-corrected chi connectivity index (χ4v) is 3.86. The Labute approximate surface area is 208 Å². The Balaban J connectivity index is 3.19. The van der Waals surface area contributed by atoms with E-state index in [-0.39, 0.29) is 18.6 Å². The van der Waals surface area contributed by atoms with Crippen LogP contribution in [0.5, 0.6) is 5.75 Å². The predicted octanol–water partition coefficient (Wildman–Crippen LogP) is 5.05. The smallest absolute Gasteiger partial charge is 0.122 e. The highest BCUT2D eigenvalue weighted by molar-refractivity contribution is 5.59. The van der Waals surface area contributed by atoms with Gasteiger partial charge in [0.2, 0.25) is 0 Å². The fourth-order valence-electron chi connectivity index (χ4n) is 3.86. The number of anilines is 1. The number of phenols is 1. The number of hydrogen-bond donors (Lipinski definition) is 3. The lowest BCUT2D eigenvalue weighted by molar-refractivity contribution is 0.0288. The number of rotatable bonds is 17. The van der Waals surface area contributed by atoms with Crippen LogP contribution in [0.3, 0.4) is 0 Å². The normalized spacial score (nSPS) is 13.9. The van der Waals surface area contributed by atoms with Gasteiger partial charge in [0, 0.05) is 37.6 Å². The summed E-state index contributed by atoms with van der Waals surface area (Å²) in [7, 11) is 0. The molecule has 1 rings (SSSR count). The van der Waals surface area contributed by atoms with Gasteiger partial charge in [0.1, 0.15) is 5.75 Å². The summed E-state index contributed by atoms with van der Waals surface area (Å²) in [5.41, 5.74) is 2.40. The van der Waals surface area contributed by atoms with Crippen molar-refractivity contribution in [2.75, 3.05) is 44.4 Å². The molecule has 0 saturated heterocycles. The molecule has 0 radical (unpaired) electrons. The zero-order chi connectivity index (χ0) is 25.7. The second-order valence-electron chi connectivity index (χ2n) is 10.9. The maximum Gasteiger partial charge on any atom is 0.122 e. The van der Waals surface area contributed by atoms with Gasteiger partial charge in [-0.15, -0.1) is 0 Å². The molecule has 0 aromatic heterocycles. The SMILES string of the molecule is CCCCOCC(O)CN(CC(O)COCCCC)c1cc(CC(C)C)c(O)c(C(C)(C)C)c1. The Bertz CT molecular complexity index is 666. The van der Waals surface area contributed by atoms with Gasteiger partial charge in [-0.2, -0.15) is 0 Å². The first-order chi connectivity index (χ1) is 16.0. The molecule has 2 unspecified atom stereocenters. The Kier molecular flexibility index (Phi) is 14.1. The van der Waals surface area contributed by atoms with E-state index in [4.69, 9.17) is 9.47 Å². The van der Waals surface area contributed by atoms with Gasteiger partial charge in [0.15, 0.2) is 0 Å². The highest BCUT2D eigenvalue weighted by atomic mass is 16.5. The quantitative estimate of drug-likeness (QED) is 0.270. The summed E-state index contributed by atoms with van der Waals surface area (Å²) in [4.78, 5) is 2.00. The molecule has 0 amide bonds. The van der Waals surface area contributed by atoms with Crippen LogP contribution in [0.4, 0.5) is 5.69 Å². The van der Waals surface area contributed by atoms with Crippen molar-refractivity contribution in [3.63, 3.8) is 0 Å². The van der Waals surface area contributed by atoms with Gasteiger partial charge in [-0.3, -0.25) is 0 Å². The van der Waals surface area contributed by atoms with Crippen LogP contribution in [0.1, 0.15) is 85.3 Å². The topological polar surface area (TPSA) is 82.4 Å². The Morgan fingerprint density at radius 3 is 1.79 bits per heavy atom. The number of benzene rings is 1. The van der Waals surface area contributed by atoms with Crippen molar-refractivity contribution in [2.45, 2.75) is 98.2 Å². The summed E-state index contributed by atoms with van der Waals surface area (Å²) in [6.45, 7) is 17.2. The molecule has 1 aromatic rings. The molecule has 0 aliphatic rings. The van der Waals surface area contributed by atoms with E-state index in [1.54, 1.807) is 0 Å². The maximum atomic E-state index is 11.0. The second-order valence-corrected chi connectivity index (χ2v) is 10.9. The maximum absolute atomic E-state index is 11.0. The van der Waals surface area contributed by atoms with Gasteiger partial charge in [-0.25, -0.2) is 0 Å². The molecule has 0 aliphatic carbocycles. The number of aliphatic hydroxyl groups excluding tert-OH is 2. The van der Waals surface area contributed by atoms with Gasteiger partial charge in [-0.05, 0) is 48.3 Å². The van der Waals surface area contributed by atoms with Crippen molar-refractivity contribution >= 4 is 5.69 Å². The largest absolute Gasteiger partial charge is 0.507 e. The highest BCUT2D eigenvalue weighted by Gasteiger charge is 2.25. The zero-order valence-electron chi connectivity index (χ0n) is 22.8. The molecular weight excluding hydrogens is 430 g/mol. The third-order valence-electron chi connectivity index (χ3n) is 5.74. The van der Waals surface area contributed by atoms with Crippen LogP contribution in [0, 0.1) is 5.92 Å². The molecule has 0 bridgehead atoms. The average Bonchev–Trinajstić information content (AvgIpc) is 2.74. The van der Waals surface area contributed by atoms with Crippen LogP contribution < -0.4 is 4.90 Å². The monoisotopic (exact) mass is 481 g/mol. The Morgan fingerprint density at radius 2 is 1.38 bits per heavy atom. The van der Waals surface area contributed by atoms with Crippen molar-refractivity contribution in [1.82, 2.24) is 0 Å². The minimum absolute atomic E-state index is 0.249. The molecule has 3 N–H and O–H groups in total. The molecule has 0 fully saturated rings. The van der Waals surface area contributed by atoms with Crippen molar-refractivity contribution in [3.05, 3.63) is 23.3 Å². The van der Waals surface area contributed by atoms with E-state index in [0.29, 0.717) is 38.0 Å². The van der Waals surface area contributed by atoms with Crippen molar-refractivity contribution in [2.24, 2.45) is 5.92 Å². The van der Waals surface area contributed by atoms with Gasteiger partial charge in [-0.1, -0.05) is 61.3 Å². The van der Waals surface area contributed by atoms with Crippen molar-refractivity contribution in [3.8, 4) is 5.75 Å². The van der Waals surface area contributed by atoms with Gasteiger partial charge in [0.25, 0.3) is 0 Å². The minimum atomic E-state index is -0.689. The van der Waals surface area contributed by atoms with E-state index in [9.17, 15) is 15.3 Å². The van der Waals surface area contributed by atoms with E-state index in [0.717, 1.165) is 48.9 Å². The van der Waals surface area contributed by atoms with Crippen molar-refractivity contribution in [1.29, 1.82) is 0 Å². The standard InChI is InChI=1S/C28H51NO5/c1-8-10-12-33-19-24(30)17-29(18-25(31)20-34-13-11-9-2)23-15-22(14-21(3)4)27(32)26(16-23)28(5,6)7/h15-16,21,24-25,30-32H,8-14,17-20H2,1-7H3.